The highest BCUT2D eigenvalue weighted by atomic mass is 79.9. The highest BCUT2D eigenvalue weighted by Crippen LogP contribution is 2.26. The topological polar surface area (TPSA) is 41.6 Å². The van der Waals surface area contributed by atoms with Gasteiger partial charge in [0.15, 0.2) is 0 Å². The van der Waals surface area contributed by atoms with Crippen LogP contribution < -0.4 is 0 Å². The predicted molar refractivity (Wildman–Crippen MR) is 80.6 cm³/mol. The summed E-state index contributed by atoms with van der Waals surface area (Å²) >= 11 is 9.44. The first-order chi connectivity index (χ1) is 9.13. The minimum absolute atomic E-state index is 0.746. The van der Waals surface area contributed by atoms with Crippen LogP contribution in [-0.2, 0) is 6.42 Å². The number of nitrogens with one attached hydrogen (secondary N) is 1. The number of H-pyrrole nitrogens is 1. The van der Waals surface area contributed by atoms with Gasteiger partial charge in [-0.3, -0.25) is 0 Å². The first-order valence-electron chi connectivity index (χ1n) is 5.88. The van der Waals surface area contributed by atoms with Gasteiger partial charge in [-0.15, -0.1) is 0 Å². The molecule has 0 atom stereocenters. The van der Waals surface area contributed by atoms with E-state index >= 15 is 0 Å². The van der Waals surface area contributed by atoms with Gasteiger partial charge in [-0.2, -0.15) is 0 Å². The van der Waals surface area contributed by atoms with Crippen molar-refractivity contribution >= 4 is 38.6 Å². The van der Waals surface area contributed by atoms with E-state index in [1.54, 1.807) is 0 Å². The van der Waals surface area contributed by atoms with Crippen molar-refractivity contribution in [1.29, 1.82) is 0 Å². The van der Waals surface area contributed by atoms with Gasteiger partial charge in [0.25, 0.3) is 0 Å². The minimum atomic E-state index is 0.746. The van der Waals surface area contributed by atoms with Gasteiger partial charge >= 0.3 is 0 Å². The highest BCUT2D eigenvalue weighted by Gasteiger charge is 2.11. The Hall–Kier alpha value is -1.39. The van der Waals surface area contributed by atoms with Crippen LogP contribution in [0.1, 0.15) is 17.1 Å². The molecule has 1 N–H and O–H groups in total. The van der Waals surface area contributed by atoms with Gasteiger partial charge in [0.2, 0.25) is 0 Å². The Morgan fingerprint density at radius 3 is 2.68 bits per heavy atom. The average Bonchev–Trinajstić information content (AvgIpc) is 2.74. The van der Waals surface area contributed by atoms with Gasteiger partial charge < -0.3 is 4.98 Å². The number of aromatic nitrogens is 3. The number of nitrogens with zero attached hydrogens (tertiary/aromatic N) is 2. The molecule has 2 aromatic heterocycles. The van der Waals surface area contributed by atoms with Crippen molar-refractivity contribution in [2.24, 2.45) is 0 Å². The summed E-state index contributed by atoms with van der Waals surface area (Å²) in [7, 11) is 0. The third kappa shape index (κ3) is 2.51. The van der Waals surface area contributed by atoms with Gasteiger partial charge in [-0.05, 0) is 40.5 Å². The smallest absolute Gasteiger partial charge is 0.142 e. The van der Waals surface area contributed by atoms with Gasteiger partial charge in [-0.25, -0.2) is 9.97 Å². The van der Waals surface area contributed by atoms with E-state index < -0.39 is 0 Å². The summed E-state index contributed by atoms with van der Waals surface area (Å²) in [6, 6.07) is 7.83. The lowest BCUT2D eigenvalue weighted by atomic mass is 10.1. The third-order valence-electron chi connectivity index (χ3n) is 2.96. The van der Waals surface area contributed by atoms with E-state index in [0.29, 0.717) is 0 Å². The fourth-order valence-electron chi connectivity index (χ4n) is 2.11. The van der Waals surface area contributed by atoms with Gasteiger partial charge in [0.05, 0.1) is 11.1 Å². The largest absolute Gasteiger partial charge is 0.345 e. The molecule has 5 heteroatoms. The number of hydrogen-bond acceptors (Lipinski definition) is 2. The van der Waals surface area contributed by atoms with Crippen molar-refractivity contribution in [2.75, 3.05) is 0 Å². The zero-order valence-electron chi connectivity index (χ0n) is 10.2. The molecule has 0 spiro atoms. The summed E-state index contributed by atoms with van der Waals surface area (Å²) in [5.74, 6) is 0.769. The number of rotatable bonds is 2. The number of aromatic amines is 1. The molecule has 0 amide bonds. The summed E-state index contributed by atoms with van der Waals surface area (Å²) in [5, 5.41) is 1.79. The summed E-state index contributed by atoms with van der Waals surface area (Å²) < 4.78 is 0.992. The molecule has 3 nitrogen and oxygen atoms in total. The maximum atomic E-state index is 5.90. The molecule has 0 aliphatic rings. The van der Waals surface area contributed by atoms with Crippen molar-refractivity contribution in [3.05, 3.63) is 57.0 Å². The molecule has 0 fully saturated rings. The fraction of sp³-hybridized carbons (Fsp3) is 0.143. The second kappa shape index (κ2) is 4.94. The molecule has 0 bridgehead atoms. The lowest BCUT2D eigenvalue weighted by Crippen LogP contribution is -1.98. The monoisotopic (exact) mass is 335 g/mol. The molecule has 2 heterocycles. The van der Waals surface area contributed by atoms with Crippen LogP contribution in [0.5, 0.6) is 0 Å². The number of halogens is 2. The number of hydrogen-bond donors (Lipinski definition) is 1. The van der Waals surface area contributed by atoms with Crippen molar-refractivity contribution in [3.63, 3.8) is 0 Å². The molecule has 19 heavy (non-hydrogen) atoms. The number of fused-ring (bicyclic) bond motifs is 1. The quantitative estimate of drug-likeness (QED) is 0.759. The van der Waals surface area contributed by atoms with E-state index in [1.165, 1.54) is 5.56 Å². The van der Waals surface area contributed by atoms with Crippen molar-refractivity contribution in [1.82, 2.24) is 15.0 Å². The molecule has 0 saturated heterocycles. The van der Waals surface area contributed by atoms with E-state index in [1.807, 2.05) is 37.4 Å². The van der Waals surface area contributed by atoms with Crippen LogP contribution in [0.15, 0.2) is 34.9 Å². The third-order valence-corrected chi connectivity index (χ3v) is 3.83. The Kier molecular flexibility index (Phi) is 3.29. The van der Waals surface area contributed by atoms with Crippen LogP contribution in [0.2, 0.25) is 5.02 Å². The normalized spacial score (nSPS) is 11.1. The molecule has 0 radical (unpaired) electrons. The molecule has 0 unspecified atom stereocenters. The molecule has 3 rings (SSSR count). The highest BCUT2D eigenvalue weighted by molar-refractivity contribution is 9.10. The maximum Gasteiger partial charge on any atom is 0.142 e. The Morgan fingerprint density at radius 2 is 1.95 bits per heavy atom. The predicted octanol–water partition coefficient (Wildman–Crippen LogP) is 4.27. The Bertz CT molecular complexity index is 734. The van der Waals surface area contributed by atoms with Crippen LogP contribution in [0.3, 0.4) is 0 Å². The van der Waals surface area contributed by atoms with Crippen molar-refractivity contribution < 1.29 is 0 Å². The fourth-order valence-corrected chi connectivity index (χ4v) is 2.77. The van der Waals surface area contributed by atoms with Crippen LogP contribution in [0.4, 0.5) is 0 Å². The van der Waals surface area contributed by atoms with Crippen LogP contribution >= 0.6 is 27.5 Å². The van der Waals surface area contributed by atoms with Gasteiger partial charge in [0.1, 0.15) is 11.5 Å². The Morgan fingerprint density at radius 1 is 1.21 bits per heavy atom. The SMILES string of the molecule is Cc1nc(Cc2ccc(Cl)cc2)c2c(Br)c[nH]c2n1. The molecule has 3 aromatic rings. The lowest BCUT2D eigenvalue weighted by Gasteiger charge is -2.05. The van der Waals surface area contributed by atoms with Gasteiger partial charge in [-0.1, -0.05) is 23.7 Å². The molecule has 0 aliphatic carbocycles. The van der Waals surface area contributed by atoms with Crippen LogP contribution in [0, 0.1) is 6.92 Å². The van der Waals surface area contributed by atoms with Crippen LogP contribution in [-0.4, -0.2) is 15.0 Å². The maximum absolute atomic E-state index is 5.90. The van der Waals surface area contributed by atoms with E-state index in [4.69, 9.17) is 11.6 Å². The molecule has 1 aromatic carbocycles. The van der Waals surface area contributed by atoms with Crippen molar-refractivity contribution in [3.8, 4) is 0 Å². The molecule has 0 aliphatic heterocycles. The van der Waals surface area contributed by atoms with E-state index in [9.17, 15) is 0 Å². The second-order valence-electron chi connectivity index (χ2n) is 4.38. The van der Waals surface area contributed by atoms with E-state index in [-0.39, 0.29) is 0 Å². The molecule has 0 saturated carbocycles. The standard InChI is InChI=1S/C14H11BrClN3/c1-8-18-12(6-9-2-4-10(16)5-3-9)13-11(15)7-17-14(13)19-8/h2-5,7H,6H2,1H3,(H,17,18,19). The zero-order valence-corrected chi connectivity index (χ0v) is 12.6. The molecular formula is C14H11BrClN3. The van der Waals surface area contributed by atoms with Gasteiger partial charge in [0, 0.05) is 22.1 Å². The molecule has 96 valence electrons. The number of benzene rings is 1. The minimum Gasteiger partial charge on any atom is -0.345 e. The second-order valence-corrected chi connectivity index (χ2v) is 5.67. The summed E-state index contributed by atoms with van der Waals surface area (Å²) in [6.07, 6.45) is 2.65. The van der Waals surface area contributed by atoms with E-state index in [2.05, 4.69) is 30.9 Å². The molecular weight excluding hydrogens is 326 g/mol. The van der Waals surface area contributed by atoms with Crippen LogP contribution in [0.25, 0.3) is 11.0 Å². The first kappa shape index (κ1) is 12.6. The van der Waals surface area contributed by atoms with Crippen molar-refractivity contribution in [2.45, 2.75) is 13.3 Å². The first-order valence-corrected chi connectivity index (χ1v) is 7.05. The Labute approximate surface area is 124 Å². The summed E-state index contributed by atoms with van der Waals surface area (Å²) in [5.41, 5.74) is 3.05. The number of aryl methyl sites for hydroxylation is 1. The summed E-state index contributed by atoms with van der Waals surface area (Å²) in [4.78, 5) is 12.1. The average molecular weight is 337 g/mol. The summed E-state index contributed by atoms with van der Waals surface area (Å²) in [6.45, 7) is 1.90. The van der Waals surface area contributed by atoms with E-state index in [0.717, 1.165) is 38.5 Å². The zero-order chi connectivity index (χ0) is 13.4. The Balaban J connectivity index is 2.09. The lowest BCUT2D eigenvalue weighted by molar-refractivity contribution is 0.998.